The number of carbonyl (C=O) groups is 3. The van der Waals surface area contributed by atoms with Gasteiger partial charge >= 0.3 is 5.97 Å². The van der Waals surface area contributed by atoms with Gasteiger partial charge in [-0.15, -0.1) is 0 Å². The third-order valence-electron chi connectivity index (χ3n) is 7.31. The smallest absolute Gasteiger partial charge is 0.303 e. The van der Waals surface area contributed by atoms with Gasteiger partial charge < -0.3 is 15.3 Å². The zero-order valence-corrected chi connectivity index (χ0v) is 21.6. The van der Waals surface area contributed by atoms with Gasteiger partial charge in [0.15, 0.2) is 5.78 Å². The predicted octanol–water partition coefficient (Wildman–Crippen LogP) is 5.52. The number of Topliss-reactive ketones (excluding diaryl/α,β-unsaturated/α-hetero) is 1. The first kappa shape index (κ1) is 25.3. The van der Waals surface area contributed by atoms with Crippen molar-refractivity contribution < 1.29 is 19.5 Å². The van der Waals surface area contributed by atoms with Crippen molar-refractivity contribution in [2.75, 3.05) is 29.2 Å². The van der Waals surface area contributed by atoms with Crippen LogP contribution >= 0.6 is 0 Å². The Labute approximate surface area is 222 Å². The zero-order chi connectivity index (χ0) is 26.8. The maximum atomic E-state index is 14.0. The van der Waals surface area contributed by atoms with Crippen molar-refractivity contribution in [2.45, 2.75) is 37.6 Å². The fraction of sp³-hybridized carbons (Fsp3) is 0.258. The van der Waals surface area contributed by atoms with Crippen LogP contribution in [0, 0.1) is 0 Å². The molecule has 38 heavy (non-hydrogen) atoms. The normalized spacial score (nSPS) is 18.7. The highest BCUT2D eigenvalue weighted by Crippen LogP contribution is 2.47. The molecular weight excluding hydrogens is 478 g/mol. The Morgan fingerprint density at radius 2 is 1.58 bits per heavy atom. The lowest BCUT2D eigenvalue weighted by molar-refractivity contribution is -0.138. The Morgan fingerprint density at radius 1 is 0.895 bits per heavy atom. The first-order valence-corrected chi connectivity index (χ1v) is 12.8. The summed E-state index contributed by atoms with van der Waals surface area (Å²) in [7, 11) is 3.99. The van der Waals surface area contributed by atoms with Gasteiger partial charge in [0.1, 0.15) is 0 Å². The molecule has 7 heteroatoms. The number of carboxylic acids is 1. The first-order valence-electron chi connectivity index (χ1n) is 12.8. The van der Waals surface area contributed by atoms with Gasteiger partial charge in [-0.25, -0.2) is 0 Å². The van der Waals surface area contributed by atoms with E-state index in [1.165, 1.54) is 0 Å². The molecule has 3 aromatic rings. The van der Waals surface area contributed by atoms with Crippen molar-refractivity contribution in [1.82, 2.24) is 0 Å². The molecule has 0 saturated carbocycles. The second-order valence-electron chi connectivity index (χ2n) is 10.0. The molecule has 0 spiro atoms. The van der Waals surface area contributed by atoms with Gasteiger partial charge in [0.05, 0.1) is 23.8 Å². The van der Waals surface area contributed by atoms with Crippen LogP contribution < -0.4 is 15.1 Å². The summed E-state index contributed by atoms with van der Waals surface area (Å²) in [6, 6.07) is 24.6. The summed E-state index contributed by atoms with van der Waals surface area (Å²) in [6.45, 7) is 0. The number of nitrogens with zero attached hydrogens (tertiary/aromatic N) is 2. The van der Waals surface area contributed by atoms with E-state index >= 15 is 0 Å². The van der Waals surface area contributed by atoms with Crippen LogP contribution in [-0.2, 0) is 14.4 Å². The number of fused-ring (bicyclic) bond motifs is 1. The van der Waals surface area contributed by atoms with Crippen LogP contribution in [0.5, 0.6) is 0 Å². The molecule has 1 amide bonds. The number of hydrogen-bond donors (Lipinski definition) is 2. The van der Waals surface area contributed by atoms with Crippen LogP contribution in [0.4, 0.5) is 17.1 Å². The lowest BCUT2D eigenvalue weighted by atomic mass is 9.78. The first-order chi connectivity index (χ1) is 18.3. The minimum absolute atomic E-state index is 0.00260. The average molecular weight is 510 g/mol. The fourth-order valence-electron chi connectivity index (χ4n) is 5.43. The number of ketones is 1. The van der Waals surface area contributed by atoms with E-state index in [0.29, 0.717) is 24.1 Å². The SMILES string of the molecule is CN(C)c1ccc(C2CC(=O)C3=C(C2)Nc2ccccc2N(C(=O)CCC(=O)O)C3c2ccccc2)cc1. The van der Waals surface area contributed by atoms with Crippen LogP contribution in [-0.4, -0.2) is 36.9 Å². The van der Waals surface area contributed by atoms with Gasteiger partial charge in [-0.05, 0) is 47.7 Å². The fourth-order valence-corrected chi connectivity index (χ4v) is 5.43. The maximum absolute atomic E-state index is 14.0. The number of carboxylic acid groups (broad SMARTS) is 1. The Bertz CT molecular complexity index is 1400. The van der Waals surface area contributed by atoms with E-state index in [4.69, 9.17) is 0 Å². The Kier molecular flexibility index (Phi) is 7.01. The lowest BCUT2D eigenvalue weighted by Crippen LogP contribution is -2.38. The molecule has 0 radical (unpaired) electrons. The highest BCUT2D eigenvalue weighted by Gasteiger charge is 2.41. The summed E-state index contributed by atoms with van der Waals surface area (Å²) in [4.78, 5) is 42.6. The van der Waals surface area contributed by atoms with Gasteiger partial charge in [-0.3, -0.25) is 19.3 Å². The molecule has 1 heterocycles. The molecule has 194 valence electrons. The Balaban J connectivity index is 1.62. The average Bonchev–Trinajstić information content (AvgIpc) is 3.07. The Morgan fingerprint density at radius 3 is 2.26 bits per heavy atom. The van der Waals surface area contributed by atoms with E-state index in [-0.39, 0.29) is 30.4 Å². The number of benzene rings is 3. The third-order valence-corrected chi connectivity index (χ3v) is 7.31. The molecule has 2 atom stereocenters. The predicted molar refractivity (Wildman–Crippen MR) is 148 cm³/mol. The number of rotatable bonds is 6. The van der Waals surface area contributed by atoms with Gasteiger partial charge in [-0.1, -0.05) is 54.6 Å². The highest BCUT2D eigenvalue weighted by atomic mass is 16.4. The number of allylic oxidation sites excluding steroid dienone is 1. The number of nitrogens with one attached hydrogen (secondary N) is 1. The van der Waals surface area contributed by atoms with Crippen molar-refractivity contribution in [3.8, 4) is 0 Å². The number of para-hydroxylation sites is 2. The Hall–Kier alpha value is -4.39. The van der Waals surface area contributed by atoms with Gasteiger partial charge in [0.2, 0.25) is 5.91 Å². The topological polar surface area (TPSA) is 90.0 Å². The lowest BCUT2D eigenvalue weighted by Gasteiger charge is -2.35. The largest absolute Gasteiger partial charge is 0.481 e. The van der Waals surface area contributed by atoms with E-state index in [0.717, 1.165) is 28.2 Å². The molecule has 7 nitrogen and oxygen atoms in total. The van der Waals surface area contributed by atoms with Crippen molar-refractivity contribution in [3.63, 3.8) is 0 Å². The van der Waals surface area contributed by atoms with Gasteiger partial charge in [0, 0.05) is 43.9 Å². The molecule has 1 aliphatic carbocycles. The number of amides is 1. The van der Waals surface area contributed by atoms with Crippen molar-refractivity contribution in [3.05, 3.63) is 101 Å². The van der Waals surface area contributed by atoms with Crippen LogP contribution in [0.25, 0.3) is 0 Å². The summed E-state index contributed by atoms with van der Waals surface area (Å²) >= 11 is 0. The molecule has 2 N–H and O–H groups in total. The number of anilines is 3. The molecule has 2 aliphatic rings. The summed E-state index contributed by atoms with van der Waals surface area (Å²) in [6.07, 6.45) is 0.512. The standard InChI is InChI=1S/C31H31N3O4/c1-33(2)23-14-12-20(13-15-23)22-18-25-30(27(35)19-22)31(21-8-4-3-5-9-21)34(28(36)16-17-29(37)38)26-11-7-6-10-24(26)32-25/h3-15,22,31-32H,16-19H2,1-2H3,(H,37,38). The minimum Gasteiger partial charge on any atom is -0.481 e. The molecule has 2 unspecified atom stereocenters. The quantitative estimate of drug-likeness (QED) is 0.455. The van der Waals surface area contributed by atoms with Crippen molar-refractivity contribution in [2.24, 2.45) is 0 Å². The van der Waals surface area contributed by atoms with E-state index in [9.17, 15) is 19.5 Å². The van der Waals surface area contributed by atoms with Gasteiger partial charge in [0.25, 0.3) is 0 Å². The van der Waals surface area contributed by atoms with Crippen LogP contribution in [0.3, 0.4) is 0 Å². The number of aliphatic carboxylic acids is 1. The minimum atomic E-state index is -1.03. The molecule has 0 saturated heterocycles. The summed E-state index contributed by atoms with van der Waals surface area (Å²) in [5, 5.41) is 12.8. The number of carbonyl (C=O) groups excluding carboxylic acids is 2. The molecule has 0 fully saturated rings. The second kappa shape index (κ2) is 10.5. The molecule has 3 aromatic carbocycles. The highest BCUT2D eigenvalue weighted by molar-refractivity contribution is 6.06. The van der Waals surface area contributed by atoms with Crippen molar-refractivity contribution in [1.29, 1.82) is 0 Å². The second-order valence-corrected chi connectivity index (χ2v) is 10.0. The van der Waals surface area contributed by atoms with Crippen molar-refractivity contribution >= 4 is 34.7 Å². The van der Waals surface area contributed by atoms with E-state index in [2.05, 4.69) is 29.6 Å². The maximum Gasteiger partial charge on any atom is 0.303 e. The van der Waals surface area contributed by atoms with E-state index in [1.54, 1.807) is 4.90 Å². The third kappa shape index (κ3) is 4.92. The van der Waals surface area contributed by atoms with Crippen LogP contribution in [0.15, 0.2) is 90.1 Å². The summed E-state index contributed by atoms with van der Waals surface area (Å²) < 4.78 is 0. The molecule has 0 bridgehead atoms. The monoisotopic (exact) mass is 509 g/mol. The molecule has 0 aromatic heterocycles. The molecule has 5 rings (SSSR count). The molecular formula is C31H31N3O4. The van der Waals surface area contributed by atoms with E-state index < -0.39 is 12.0 Å². The summed E-state index contributed by atoms with van der Waals surface area (Å²) in [5.41, 5.74) is 5.72. The van der Waals surface area contributed by atoms with Gasteiger partial charge in [-0.2, -0.15) is 0 Å². The van der Waals surface area contributed by atoms with E-state index in [1.807, 2.05) is 73.6 Å². The van der Waals surface area contributed by atoms with Crippen LogP contribution in [0.2, 0.25) is 0 Å². The summed E-state index contributed by atoms with van der Waals surface area (Å²) in [5.74, 6) is -1.38. The number of hydrogen-bond acceptors (Lipinski definition) is 5. The van der Waals surface area contributed by atoms with Crippen LogP contribution in [0.1, 0.15) is 48.8 Å². The zero-order valence-electron chi connectivity index (χ0n) is 21.6. The molecule has 1 aliphatic heterocycles.